The van der Waals surface area contributed by atoms with Crippen molar-refractivity contribution in [2.45, 2.75) is 27.2 Å². The van der Waals surface area contributed by atoms with Crippen LogP contribution in [0.1, 0.15) is 27.8 Å². The molecule has 5 aromatic carbocycles. The third kappa shape index (κ3) is 3.52. The molecule has 0 heterocycles. The highest BCUT2D eigenvalue weighted by Crippen LogP contribution is 2.34. The summed E-state index contributed by atoms with van der Waals surface area (Å²) in [4.78, 5) is 0. The summed E-state index contributed by atoms with van der Waals surface area (Å²) in [6.07, 6.45) is 5.57. The van der Waals surface area contributed by atoms with Gasteiger partial charge in [0.25, 0.3) is 0 Å². The zero-order valence-electron chi connectivity index (χ0n) is 19.0. The maximum absolute atomic E-state index is 2.33. The van der Waals surface area contributed by atoms with Crippen LogP contribution < -0.4 is 0 Å². The molecule has 5 aromatic rings. The molecule has 0 aliphatic rings. The van der Waals surface area contributed by atoms with E-state index < -0.39 is 0 Å². The van der Waals surface area contributed by atoms with E-state index in [9.17, 15) is 0 Å². The van der Waals surface area contributed by atoms with Crippen LogP contribution in [0, 0.1) is 20.8 Å². The van der Waals surface area contributed by atoms with E-state index in [-0.39, 0.29) is 0 Å². The summed E-state index contributed by atoms with van der Waals surface area (Å²) in [5.41, 5.74) is 9.40. The van der Waals surface area contributed by atoms with Crippen molar-refractivity contribution >= 4 is 27.6 Å². The summed E-state index contributed by atoms with van der Waals surface area (Å²) in [6, 6.07) is 32.9. The van der Waals surface area contributed by atoms with Crippen molar-refractivity contribution in [3.8, 4) is 11.1 Å². The van der Waals surface area contributed by atoms with Crippen molar-refractivity contribution in [2.24, 2.45) is 0 Å². The minimum atomic E-state index is 0.909. The Balaban J connectivity index is 1.60. The highest BCUT2D eigenvalue weighted by Gasteiger charge is 2.11. The van der Waals surface area contributed by atoms with Crippen LogP contribution in [-0.2, 0) is 6.42 Å². The number of hydrogen-bond donors (Lipinski definition) is 0. The molecule has 0 spiro atoms. The van der Waals surface area contributed by atoms with Crippen LogP contribution in [0.15, 0.2) is 97.1 Å². The van der Waals surface area contributed by atoms with E-state index in [4.69, 9.17) is 0 Å². The maximum Gasteiger partial charge on any atom is -0.00878 e. The summed E-state index contributed by atoms with van der Waals surface area (Å²) >= 11 is 0. The van der Waals surface area contributed by atoms with E-state index in [0.29, 0.717) is 0 Å². The molecule has 32 heavy (non-hydrogen) atoms. The number of benzene rings is 5. The molecule has 0 saturated heterocycles. The second kappa shape index (κ2) is 8.48. The molecule has 0 unspecified atom stereocenters. The van der Waals surface area contributed by atoms with Gasteiger partial charge in [0.2, 0.25) is 0 Å². The Labute approximate surface area is 190 Å². The van der Waals surface area contributed by atoms with E-state index >= 15 is 0 Å². The predicted molar refractivity (Wildman–Crippen MR) is 140 cm³/mol. The number of allylic oxidation sites excluding steroid dienone is 1. The topological polar surface area (TPSA) is 0 Å². The lowest BCUT2D eigenvalue weighted by molar-refractivity contribution is 1.25. The molecule has 0 heteroatoms. The third-order valence-corrected chi connectivity index (χ3v) is 6.64. The van der Waals surface area contributed by atoms with Gasteiger partial charge in [-0.3, -0.25) is 0 Å². The predicted octanol–water partition coefficient (Wildman–Crippen LogP) is 8.84. The molecule has 0 nitrogen and oxygen atoms in total. The lowest BCUT2D eigenvalue weighted by Gasteiger charge is -2.15. The van der Waals surface area contributed by atoms with Crippen LogP contribution >= 0.6 is 0 Å². The average Bonchev–Trinajstić information content (AvgIpc) is 2.82. The normalized spacial score (nSPS) is 11.6. The monoisotopic (exact) mass is 412 g/mol. The molecule has 0 bridgehead atoms. The summed E-state index contributed by atoms with van der Waals surface area (Å²) in [7, 11) is 0. The smallest absolute Gasteiger partial charge is 0.00878 e. The zero-order chi connectivity index (χ0) is 22.1. The van der Waals surface area contributed by atoms with E-state index in [2.05, 4.69) is 124 Å². The van der Waals surface area contributed by atoms with Crippen LogP contribution in [-0.4, -0.2) is 0 Å². The van der Waals surface area contributed by atoms with Crippen molar-refractivity contribution in [3.05, 3.63) is 125 Å². The molecule has 156 valence electrons. The summed E-state index contributed by atoms with van der Waals surface area (Å²) in [6.45, 7) is 6.67. The van der Waals surface area contributed by atoms with Crippen molar-refractivity contribution < 1.29 is 0 Å². The molecule has 0 fully saturated rings. The Morgan fingerprint density at radius 2 is 1.16 bits per heavy atom. The number of fused-ring (bicyclic) bond motifs is 3. The Bertz CT molecular complexity index is 1470. The van der Waals surface area contributed by atoms with Gasteiger partial charge in [0, 0.05) is 0 Å². The molecule has 0 amide bonds. The van der Waals surface area contributed by atoms with Crippen LogP contribution in [0.4, 0.5) is 0 Å². The molecule has 0 aliphatic carbocycles. The highest BCUT2D eigenvalue weighted by molar-refractivity contribution is 6.12. The third-order valence-electron chi connectivity index (χ3n) is 6.64. The first-order valence-corrected chi connectivity index (χ1v) is 11.4. The van der Waals surface area contributed by atoms with Crippen LogP contribution in [0.3, 0.4) is 0 Å². The first-order valence-electron chi connectivity index (χ1n) is 11.4. The Kier molecular flexibility index (Phi) is 5.37. The van der Waals surface area contributed by atoms with Gasteiger partial charge < -0.3 is 0 Å². The van der Waals surface area contributed by atoms with Crippen LogP contribution in [0.25, 0.3) is 38.7 Å². The van der Waals surface area contributed by atoms with Crippen molar-refractivity contribution in [2.75, 3.05) is 0 Å². The maximum atomic E-state index is 2.33. The van der Waals surface area contributed by atoms with Crippen molar-refractivity contribution in [1.29, 1.82) is 0 Å². The Hall–Kier alpha value is -3.64. The van der Waals surface area contributed by atoms with Gasteiger partial charge in [0.05, 0.1) is 0 Å². The largest absolute Gasteiger partial charge is 0.0795 e. The molecule has 0 aromatic heterocycles. The fraction of sp³-hybridized carbons (Fsp3) is 0.125. The minimum Gasteiger partial charge on any atom is -0.0795 e. The molecular weight excluding hydrogens is 384 g/mol. The van der Waals surface area contributed by atoms with E-state index in [1.54, 1.807) is 0 Å². The van der Waals surface area contributed by atoms with Gasteiger partial charge in [-0.15, -0.1) is 0 Å². The second-order valence-electron chi connectivity index (χ2n) is 8.66. The Morgan fingerprint density at radius 1 is 0.562 bits per heavy atom. The van der Waals surface area contributed by atoms with Gasteiger partial charge in [-0.2, -0.15) is 0 Å². The Morgan fingerprint density at radius 3 is 1.91 bits per heavy atom. The molecular formula is C32H28. The average molecular weight is 413 g/mol. The summed E-state index contributed by atoms with van der Waals surface area (Å²) in [5.74, 6) is 0. The first kappa shape index (κ1) is 20.3. The van der Waals surface area contributed by atoms with Gasteiger partial charge in [0.15, 0.2) is 0 Å². The quantitative estimate of drug-likeness (QED) is 0.259. The molecule has 0 radical (unpaired) electrons. The second-order valence-corrected chi connectivity index (χ2v) is 8.66. The van der Waals surface area contributed by atoms with Gasteiger partial charge in [-0.1, -0.05) is 103 Å². The van der Waals surface area contributed by atoms with Crippen molar-refractivity contribution in [3.63, 3.8) is 0 Å². The molecule has 5 rings (SSSR count). The summed E-state index contributed by atoms with van der Waals surface area (Å²) < 4.78 is 0. The van der Waals surface area contributed by atoms with E-state index in [0.717, 1.165) is 6.42 Å². The standard InChI is InChI=1S/C32H28/c1-22-12-4-5-16-26(22)32-23(2)13-10-14-25(32)15-11-21-28-24(3)27-17-6-7-18-29(27)31-20-9-8-19-30(28)31/h4-14,16-21H,15H2,1-3H3/b21-11-. The first-order chi connectivity index (χ1) is 15.6. The van der Waals surface area contributed by atoms with E-state index in [1.165, 1.54) is 60.5 Å². The number of hydrogen-bond acceptors (Lipinski definition) is 0. The summed E-state index contributed by atoms with van der Waals surface area (Å²) in [5, 5.41) is 5.31. The minimum absolute atomic E-state index is 0.909. The van der Waals surface area contributed by atoms with Gasteiger partial charge >= 0.3 is 0 Å². The van der Waals surface area contributed by atoms with Crippen LogP contribution in [0.5, 0.6) is 0 Å². The van der Waals surface area contributed by atoms with E-state index in [1.807, 2.05) is 0 Å². The molecule has 0 saturated carbocycles. The fourth-order valence-corrected chi connectivity index (χ4v) is 5.00. The zero-order valence-corrected chi connectivity index (χ0v) is 19.0. The molecule has 0 atom stereocenters. The van der Waals surface area contributed by atoms with Gasteiger partial charge in [-0.05, 0) is 87.7 Å². The number of rotatable bonds is 4. The fourth-order valence-electron chi connectivity index (χ4n) is 5.00. The highest BCUT2D eigenvalue weighted by atomic mass is 14.1. The molecule has 0 aliphatic heterocycles. The lowest BCUT2D eigenvalue weighted by atomic mass is 9.90. The van der Waals surface area contributed by atoms with Gasteiger partial charge in [0.1, 0.15) is 0 Å². The lowest BCUT2D eigenvalue weighted by Crippen LogP contribution is -1.94. The number of aryl methyl sites for hydroxylation is 3. The SMILES string of the molecule is Cc1ccccc1-c1c(C)cccc1C/C=C\c1c(C)c2ccccc2c2ccccc12. The van der Waals surface area contributed by atoms with Gasteiger partial charge in [-0.25, -0.2) is 0 Å². The van der Waals surface area contributed by atoms with Crippen LogP contribution in [0.2, 0.25) is 0 Å². The van der Waals surface area contributed by atoms with Crippen molar-refractivity contribution in [1.82, 2.24) is 0 Å². The molecule has 0 N–H and O–H groups in total.